The molecule has 7 atom stereocenters. The first-order valence-corrected chi connectivity index (χ1v) is 14.1. The Bertz CT molecular complexity index is 1020. The van der Waals surface area contributed by atoms with E-state index >= 15 is 0 Å². The molecule has 5 N–H and O–H groups in total. The molecular weight excluding hydrogens is 560 g/mol. The molecule has 2 aliphatic rings. The summed E-state index contributed by atoms with van der Waals surface area (Å²) < 4.78 is 36.0. The first-order valence-electron chi connectivity index (χ1n) is 14.1. The van der Waals surface area contributed by atoms with Crippen LogP contribution in [0.15, 0.2) is 12.4 Å². The Kier molecular flexibility index (Phi) is 13.4. The monoisotopic (exact) mass is 602 g/mol. The minimum atomic E-state index is -1.52. The molecule has 0 spiro atoms. The first-order chi connectivity index (χ1) is 20.5. The van der Waals surface area contributed by atoms with Crippen molar-refractivity contribution in [3.63, 3.8) is 0 Å². The molecule has 2 aromatic heterocycles. The van der Waals surface area contributed by atoms with E-state index in [4.69, 9.17) is 28.4 Å². The van der Waals surface area contributed by atoms with Gasteiger partial charge in [0.25, 0.3) is 0 Å². The lowest BCUT2D eigenvalue weighted by molar-refractivity contribution is -0.317. The number of aromatic nitrogens is 6. The fraction of sp³-hybridized carbons (Fsp3) is 0.840. The summed E-state index contributed by atoms with van der Waals surface area (Å²) in [6.45, 7) is 3.26. The van der Waals surface area contributed by atoms with E-state index in [1.54, 1.807) is 10.9 Å². The third-order valence-corrected chi connectivity index (χ3v) is 7.28. The number of hydrogen-bond acceptors (Lipinski definition) is 15. The maximum absolute atomic E-state index is 9.95. The highest BCUT2D eigenvalue weighted by Gasteiger charge is 2.44. The molecule has 1 aliphatic carbocycles. The minimum absolute atomic E-state index is 0.0815. The molecule has 0 bridgehead atoms. The summed E-state index contributed by atoms with van der Waals surface area (Å²) in [5.41, 5.74) is 1.31. The van der Waals surface area contributed by atoms with Gasteiger partial charge in [-0.1, -0.05) is 10.4 Å². The van der Waals surface area contributed by atoms with Gasteiger partial charge in [0, 0.05) is 13.2 Å². The van der Waals surface area contributed by atoms with Crippen LogP contribution >= 0.6 is 0 Å². The molecule has 2 fully saturated rings. The van der Waals surface area contributed by atoms with Crippen LogP contribution < -0.4 is 0 Å². The topological polar surface area (TPSA) is 218 Å². The fourth-order valence-electron chi connectivity index (χ4n) is 4.61. The number of rotatable bonds is 20. The van der Waals surface area contributed by atoms with Gasteiger partial charge in [-0.15, -0.1) is 10.2 Å². The molecule has 1 aliphatic heterocycles. The van der Waals surface area contributed by atoms with E-state index < -0.39 is 37.3 Å². The standard InChI is InChI=1S/C25H42N6O11/c32-12-18-2-1-17(18)9-31-11-20(27-29-31)14-39-8-7-38-6-5-37-4-3-30-10-19(26-28-30)15-40-16-41-25-24(36)23(35)22(34)21(13-33)42-25/h10-11,17-18,21-25,32-36H,1-9,12-16H2. The van der Waals surface area contributed by atoms with Crippen molar-refractivity contribution in [1.29, 1.82) is 0 Å². The SMILES string of the molecule is OCC1CCC1Cn1cc(COCCOCCOCCn2cc(COCOC3OC(CO)C(O)C(O)C3O)nn2)nn1. The van der Waals surface area contributed by atoms with Crippen LogP contribution in [0, 0.1) is 11.8 Å². The van der Waals surface area contributed by atoms with Crippen molar-refractivity contribution in [3.8, 4) is 0 Å². The summed E-state index contributed by atoms with van der Waals surface area (Å²) in [6, 6.07) is 0. The van der Waals surface area contributed by atoms with E-state index in [0.717, 1.165) is 25.1 Å². The molecule has 42 heavy (non-hydrogen) atoms. The van der Waals surface area contributed by atoms with Crippen molar-refractivity contribution in [2.24, 2.45) is 11.8 Å². The predicted molar refractivity (Wildman–Crippen MR) is 139 cm³/mol. The highest BCUT2D eigenvalue weighted by molar-refractivity contribution is 4.92. The van der Waals surface area contributed by atoms with Crippen molar-refractivity contribution in [1.82, 2.24) is 30.0 Å². The van der Waals surface area contributed by atoms with Gasteiger partial charge >= 0.3 is 0 Å². The van der Waals surface area contributed by atoms with E-state index in [-0.39, 0.29) is 20.0 Å². The zero-order chi connectivity index (χ0) is 29.7. The maximum atomic E-state index is 9.95. The summed E-state index contributed by atoms with van der Waals surface area (Å²) >= 11 is 0. The molecular formula is C25H42N6O11. The second kappa shape index (κ2) is 17.2. The zero-order valence-corrected chi connectivity index (χ0v) is 23.5. The first kappa shape index (κ1) is 32.7. The van der Waals surface area contributed by atoms with Gasteiger partial charge < -0.3 is 54.0 Å². The second-order valence-electron chi connectivity index (χ2n) is 10.3. The molecule has 238 valence electrons. The highest BCUT2D eigenvalue weighted by atomic mass is 16.8. The van der Waals surface area contributed by atoms with Crippen molar-refractivity contribution < 1.29 is 54.0 Å². The normalized spacial score (nSPS) is 27.8. The third kappa shape index (κ3) is 9.68. The molecule has 17 heteroatoms. The van der Waals surface area contributed by atoms with Gasteiger partial charge in [-0.05, 0) is 24.7 Å². The lowest BCUT2D eigenvalue weighted by Gasteiger charge is -2.39. The number of ether oxygens (including phenoxy) is 6. The van der Waals surface area contributed by atoms with Crippen molar-refractivity contribution in [2.45, 2.75) is 69.9 Å². The van der Waals surface area contributed by atoms with Gasteiger partial charge in [-0.3, -0.25) is 4.68 Å². The summed E-state index contributed by atoms with van der Waals surface area (Å²) in [7, 11) is 0. The number of nitrogens with zero attached hydrogens (tertiary/aromatic N) is 6. The summed E-state index contributed by atoms with van der Waals surface area (Å²) in [5.74, 6) is 0.847. The average Bonchev–Trinajstić information content (AvgIpc) is 3.63. The second-order valence-corrected chi connectivity index (χ2v) is 10.3. The predicted octanol–water partition coefficient (Wildman–Crippen LogP) is -2.57. The van der Waals surface area contributed by atoms with Crippen molar-refractivity contribution >= 4 is 0 Å². The quantitative estimate of drug-likeness (QED) is 0.0777. The van der Waals surface area contributed by atoms with Gasteiger partial charge in [-0.2, -0.15) is 0 Å². The zero-order valence-electron chi connectivity index (χ0n) is 23.5. The summed E-state index contributed by atoms with van der Waals surface area (Å²) in [5, 5.41) is 64.3. The van der Waals surface area contributed by atoms with E-state index in [9.17, 15) is 25.5 Å². The lowest BCUT2D eigenvalue weighted by atomic mass is 9.74. The van der Waals surface area contributed by atoms with Gasteiger partial charge in [0.1, 0.15) is 35.8 Å². The van der Waals surface area contributed by atoms with Crippen LogP contribution in [0.2, 0.25) is 0 Å². The summed E-state index contributed by atoms with van der Waals surface area (Å²) in [4.78, 5) is 0. The van der Waals surface area contributed by atoms with E-state index in [1.807, 2.05) is 10.9 Å². The lowest BCUT2D eigenvalue weighted by Crippen LogP contribution is -2.59. The largest absolute Gasteiger partial charge is 0.396 e. The third-order valence-electron chi connectivity index (χ3n) is 7.28. The molecule has 0 amide bonds. The highest BCUT2D eigenvalue weighted by Crippen LogP contribution is 2.34. The Balaban J connectivity index is 0.963. The van der Waals surface area contributed by atoms with Crippen LogP contribution in [0.5, 0.6) is 0 Å². The molecule has 0 radical (unpaired) electrons. The Labute approximate surface area is 242 Å². The minimum Gasteiger partial charge on any atom is -0.396 e. The Morgan fingerprint density at radius 2 is 1.38 bits per heavy atom. The molecule has 2 aromatic rings. The molecule has 3 heterocycles. The Morgan fingerprint density at radius 1 is 0.738 bits per heavy atom. The maximum Gasteiger partial charge on any atom is 0.189 e. The van der Waals surface area contributed by atoms with Gasteiger partial charge in [0.15, 0.2) is 13.1 Å². The molecule has 4 rings (SSSR count). The van der Waals surface area contributed by atoms with Crippen LogP contribution in [0.25, 0.3) is 0 Å². The average molecular weight is 603 g/mol. The fourth-order valence-corrected chi connectivity index (χ4v) is 4.61. The van der Waals surface area contributed by atoms with Crippen LogP contribution in [0.3, 0.4) is 0 Å². The van der Waals surface area contributed by atoms with Crippen LogP contribution in [0.1, 0.15) is 24.2 Å². The van der Waals surface area contributed by atoms with E-state index in [0.29, 0.717) is 63.7 Å². The van der Waals surface area contributed by atoms with Crippen LogP contribution in [-0.4, -0.2) is 139 Å². The van der Waals surface area contributed by atoms with Gasteiger partial charge in [0.2, 0.25) is 0 Å². The molecule has 1 saturated carbocycles. The van der Waals surface area contributed by atoms with Gasteiger partial charge in [-0.25, -0.2) is 4.68 Å². The smallest absolute Gasteiger partial charge is 0.189 e. The molecule has 17 nitrogen and oxygen atoms in total. The van der Waals surface area contributed by atoms with Crippen molar-refractivity contribution in [3.05, 3.63) is 23.8 Å². The molecule has 1 saturated heterocycles. The van der Waals surface area contributed by atoms with Crippen LogP contribution in [-0.2, 0) is 54.7 Å². The number of hydrogen-bond donors (Lipinski definition) is 5. The van der Waals surface area contributed by atoms with Gasteiger partial charge in [0.05, 0.1) is 71.8 Å². The van der Waals surface area contributed by atoms with Crippen molar-refractivity contribution in [2.75, 3.05) is 53.0 Å². The summed E-state index contributed by atoms with van der Waals surface area (Å²) in [6.07, 6.45) is -0.994. The molecule has 7 unspecified atom stereocenters. The Morgan fingerprint density at radius 3 is 2.07 bits per heavy atom. The molecule has 0 aromatic carbocycles. The van der Waals surface area contributed by atoms with E-state index in [2.05, 4.69) is 20.6 Å². The Hall–Kier alpha value is -2.16. The number of aliphatic hydroxyl groups excluding tert-OH is 5. The number of aliphatic hydroxyl groups is 5. The van der Waals surface area contributed by atoms with E-state index in [1.165, 1.54) is 0 Å². The van der Waals surface area contributed by atoms with Crippen LogP contribution in [0.4, 0.5) is 0 Å².